The Kier molecular flexibility index (Phi) is 5.00. The van der Waals surface area contributed by atoms with Gasteiger partial charge in [0.2, 0.25) is 0 Å². The molecule has 0 bridgehead atoms. The van der Waals surface area contributed by atoms with Crippen LogP contribution in [-0.4, -0.2) is 25.2 Å². The van der Waals surface area contributed by atoms with E-state index in [9.17, 15) is 13.2 Å². The van der Waals surface area contributed by atoms with Gasteiger partial charge in [-0.15, -0.1) is 0 Å². The molecule has 5 heteroatoms. The summed E-state index contributed by atoms with van der Waals surface area (Å²) in [4.78, 5) is 11.4. The molecule has 0 aromatic heterocycles. The molecule has 0 atom stereocenters. The van der Waals surface area contributed by atoms with Crippen molar-refractivity contribution in [1.82, 2.24) is 0 Å². The van der Waals surface area contributed by atoms with Gasteiger partial charge in [0.15, 0.2) is 9.84 Å². The van der Waals surface area contributed by atoms with Crippen LogP contribution in [0.2, 0.25) is 0 Å². The Morgan fingerprint density at radius 1 is 1.07 bits per heavy atom. The number of fused-ring (bicyclic) bond motifs is 1. The molecule has 4 nitrogen and oxygen atoms in total. The van der Waals surface area contributed by atoms with Crippen molar-refractivity contribution in [2.75, 3.05) is 5.75 Å². The number of rotatable bonds is 3. The largest absolute Gasteiger partial charge is 0.478 e. The number of hydrogen-bond donors (Lipinski definition) is 1. The number of carboxylic acids is 1. The summed E-state index contributed by atoms with van der Waals surface area (Å²) in [5.74, 6) is -0.746. The normalized spacial score (nSPS) is 18.4. The van der Waals surface area contributed by atoms with Crippen molar-refractivity contribution in [2.24, 2.45) is 0 Å². The maximum Gasteiger partial charge on any atom is 0.335 e. The summed E-state index contributed by atoms with van der Waals surface area (Å²) in [7, 11) is -3.24. The molecule has 0 fully saturated rings. The van der Waals surface area contributed by atoms with E-state index in [-0.39, 0.29) is 16.7 Å². The predicted octanol–water partition coefficient (Wildman–Crippen LogP) is 4.79. The molecular formula is C22H24O4S. The maximum atomic E-state index is 12.6. The zero-order chi connectivity index (χ0) is 19.8. The second-order valence-electron chi connectivity index (χ2n) is 7.77. The van der Waals surface area contributed by atoms with Gasteiger partial charge in [-0.1, -0.05) is 38.1 Å². The van der Waals surface area contributed by atoms with Gasteiger partial charge in [-0.3, -0.25) is 0 Å². The van der Waals surface area contributed by atoms with Crippen LogP contribution < -0.4 is 0 Å². The first-order valence-electron chi connectivity index (χ1n) is 8.99. The van der Waals surface area contributed by atoms with Crippen molar-refractivity contribution in [3.05, 3.63) is 64.7 Å². The molecule has 27 heavy (non-hydrogen) atoms. The molecule has 0 unspecified atom stereocenters. The van der Waals surface area contributed by atoms with E-state index in [0.29, 0.717) is 11.3 Å². The highest BCUT2D eigenvalue weighted by Gasteiger charge is 2.32. The minimum Gasteiger partial charge on any atom is -0.478 e. The number of benzene rings is 2. The molecule has 1 heterocycles. The molecule has 0 amide bonds. The molecule has 2 aromatic rings. The summed E-state index contributed by atoms with van der Waals surface area (Å²) in [5.41, 5.74) is 3.81. The number of sulfone groups is 1. The number of aromatic carboxylic acids is 1. The fraction of sp³-hybridized carbons (Fsp3) is 0.318. The molecule has 1 aliphatic heterocycles. The van der Waals surface area contributed by atoms with Gasteiger partial charge in [-0.25, -0.2) is 13.2 Å². The fourth-order valence-electron chi connectivity index (χ4n) is 3.58. The third kappa shape index (κ3) is 3.98. The molecule has 0 spiro atoms. The van der Waals surface area contributed by atoms with Gasteiger partial charge in [0.25, 0.3) is 0 Å². The molecule has 142 valence electrons. The number of allylic oxidation sites excluding steroid dienone is 1. The van der Waals surface area contributed by atoms with E-state index >= 15 is 0 Å². The van der Waals surface area contributed by atoms with Crippen LogP contribution >= 0.6 is 0 Å². The smallest absolute Gasteiger partial charge is 0.335 e. The number of carbonyl (C=O) groups is 1. The third-order valence-electron chi connectivity index (χ3n) is 5.25. The maximum absolute atomic E-state index is 12.6. The van der Waals surface area contributed by atoms with Gasteiger partial charge in [-0.2, -0.15) is 0 Å². The Labute approximate surface area is 160 Å². The second kappa shape index (κ2) is 6.97. The van der Waals surface area contributed by atoms with Crippen LogP contribution in [0.3, 0.4) is 0 Å². The quantitative estimate of drug-likeness (QED) is 0.772. The highest BCUT2D eigenvalue weighted by molar-refractivity contribution is 7.91. The molecule has 3 rings (SSSR count). The summed E-state index contributed by atoms with van der Waals surface area (Å²) >= 11 is 0. The van der Waals surface area contributed by atoms with Crippen LogP contribution in [0.5, 0.6) is 0 Å². The lowest BCUT2D eigenvalue weighted by molar-refractivity contribution is 0.0697. The first-order chi connectivity index (χ1) is 12.6. The van der Waals surface area contributed by atoms with Gasteiger partial charge in [-0.05, 0) is 71.7 Å². The van der Waals surface area contributed by atoms with Crippen LogP contribution in [-0.2, 0) is 15.3 Å². The highest BCUT2D eigenvalue weighted by atomic mass is 32.2. The Morgan fingerprint density at radius 2 is 1.70 bits per heavy atom. The minimum atomic E-state index is -3.24. The molecule has 1 aliphatic rings. The van der Waals surface area contributed by atoms with Crippen LogP contribution in [0.15, 0.2) is 47.4 Å². The zero-order valence-electron chi connectivity index (χ0n) is 15.8. The summed E-state index contributed by atoms with van der Waals surface area (Å²) in [5, 5.41) is 9.00. The molecule has 0 saturated heterocycles. The van der Waals surface area contributed by atoms with Crippen molar-refractivity contribution < 1.29 is 18.3 Å². The Bertz CT molecular complexity index is 1010. The lowest BCUT2D eigenvalue weighted by Gasteiger charge is -2.25. The van der Waals surface area contributed by atoms with Gasteiger partial charge in [0, 0.05) is 0 Å². The molecule has 1 N–H and O–H groups in total. The van der Waals surface area contributed by atoms with E-state index in [0.717, 1.165) is 28.7 Å². The average molecular weight is 384 g/mol. The predicted molar refractivity (Wildman–Crippen MR) is 108 cm³/mol. The van der Waals surface area contributed by atoms with E-state index in [1.807, 2.05) is 25.1 Å². The second-order valence-corrected chi connectivity index (χ2v) is 9.85. The summed E-state index contributed by atoms with van der Waals surface area (Å²) in [6.07, 6.45) is 3.48. The number of hydrogen-bond acceptors (Lipinski definition) is 3. The number of carboxylic acid groups (broad SMARTS) is 1. The lowest BCUT2D eigenvalue weighted by atomic mass is 9.80. The van der Waals surface area contributed by atoms with Crippen molar-refractivity contribution in [2.45, 2.75) is 43.9 Å². The summed E-state index contributed by atoms with van der Waals surface area (Å²) < 4.78 is 25.2. The van der Waals surface area contributed by atoms with E-state index in [1.165, 1.54) is 0 Å². The standard InChI is InChI=1S/C22H24O4S/c1-15(13-16-5-7-17(8-6-16)21(23)24)18-9-10-20-19(14-18)22(2,3)11-4-12-27(20,25)26/h5-10,13-14H,4,11-12H2,1-3H3,(H,23,24)/b15-13+. The van der Waals surface area contributed by atoms with Crippen molar-refractivity contribution in [3.8, 4) is 0 Å². The Balaban J connectivity index is 2.03. The van der Waals surface area contributed by atoms with Gasteiger partial charge in [0.1, 0.15) is 0 Å². The van der Waals surface area contributed by atoms with Gasteiger partial charge in [0.05, 0.1) is 16.2 Å². The van der Waals surface area contributed by atoms with Crippen molar-refractivity contribution >= 4 is 27.5 Å². The molecule has 2 aromatic carbocycles. The minimum absolute atomic E-state index is 0.196. The molecular weight excluding hydrogens is 360 g/mol. The van der Waals surface area contributed by atoms with Gasteiger partial charge < -0.3 is 5.11 Å². The summed E-state index contributed by atoms with van der Waals surface area (Å²) in [6, 6.07) is 12.3. The van der Waals surface area contributed by atoms with Crippen LogP contribution in [0.25, 0.3) is 11.6 Å². The van der Waals surface area contributed by atoms with E-state index < -0.39 is 15.8 Å². The first-order valence-corrected chi connectivity index (χ1v) is 10.6. The van der Waals surface area contributed by atoms with Gasteiger partial charge >= 0.3 is 5.97 Å². The van der Waals surface area contributed by atoms with Crippen LogP contribution in [0.1, 0.15) is 60.7 Å². The molecule has 0 saturated carbocycles. The van der Waals surface area contributed by atoms with E-state index in [2.05, 4.69) is 13.8 Å². The molecule has 0 radical (unpaired) electrons. The monoisotopic (exact) mass is 384 g/mol. The topological polar surface area (TPSA) is 71.4 Å². The van der Waals surface area contributed by atoms with E-state index in [4.69, 9.17) is 5.11 Å². The summed E-state index contributed by atoms with van der Waals surface area (Å²) in [6.45, 7) is 6.17. The Hall–Kier alpha value is -2.40. The highest BCUT2D eigenvalue weighted by Crippen LogP contribution is 2.38. The zero-order valence-corrected chi connectivity index (χ0v) is 16.6. The molecule has 0 aliphatic carbocycles. The fourth-order valence-corrected chi connectivity index (χ4v) is 5.27. The van der Waals surface area contributed by atoms with Crippen molar-refractivity contribution in [3.63, 3.8) is 0 Å². The third-order valence-corrected chi connectivity index (χ3v) is 7.11. The Morgan fingerprint density at radius 3 is 2.33 bits per heavy atom. The first kappa shape index (κ1) is 19.4. The average Bonchev–Trinajstić information content (AvgIpc) is 2.69. The van der Waals surface area contributed by atoms with Crippen molar-refractivity contribution in [1.29, 1.82) is 0 Å². The SMILES string of the molecule is C/C(=C\c1ccc(C(=O)O)cc1)c1ccc2c(c1)C(C)(C)CCCS2(=O)=O. The van der Waals surface area contributed by atoms with Crippen LogP contribution in [0.4, 0.5) is 0 Å². The van der Waals surface area contributed by atoms with E-state index in [1.54, 1.807) is 30.3 Å². The lowest BCUT2D eigenvalue weighted by Crippen LogP contribution is -2.18. The van der Waals surface area contributed by atoms with Crippen LogP contribution in [0, 0.1) is 0 Å².